The summed E-state index contributed by atoms with van der Waals surface area (Å²) in [6.07, 6.45) is 1.57. The number of aromatic nitrogens is 2. The summed E-state index contributed by atoms with van der Waals surface area (Å²) in [5.74, 6) is -1.91. The Kier molecular flexibility index (Phi) is 4.26. The molecule has 0 spiro atoms. The normalized spacial score (nSPS) is 10.8. The molecule has 0 radical (unpaired) electrons. The zero-order chi connectivity index (χ0) is 16.3. The van der Waals surface area contributed by atoms with Crippen molar-refractivity contribution in [1.82, 2.24) is 9.36 Å². The number of nitrogens with zero attached hydrogens (tertiary/aromatic N) is 2. The van der Waals surface area contributed by atoms with Gasteiger partial charge in [-0.1, -0.05) is 18.2 Å². The number of rotatable bonds is 4. The first-order valence-corrected chi connectivity index (χ1v) is 6.48. The Labute approximate surface area is 126 Å². The maximum Gasteiger partial charge on any atom is 0.328 e. The predicted molar refractivity (Wildman–Crippen MR) is 81.2 cm³/mol. The van der Waals surface area contributed by atoms with Gasteiger partial charge in [0, 0.05) is 19.2 Å². The molecule has 0 saturated carbocycles. The molecule has 0 unspecified atom stereocenters. The van der Waals surface area contributed by atoms with E-state index in [0.717, 1.165) is 6.08 Å². The molecule has 2 aromatic rings. The highest BCUT2D eigenvalue weighted by Crippen LogP contribution is 2.13. The lowest BCUT2D eigenvalue weighted by molar-refractivity contribution is -0.131. The van der Waals surface area contributed by atoms with Gasteiger partial charge in [0.1, 0.15) is 5.69 Å². The standard InChI is InChI=1S/C15H15N3O4/c1-10-14(16-12(19)8-9-13(20)21)15(22)18(17(10)2)11-6-4-3-5-7-11/h3-9H,1-2H3,(H,16,19)(H,20,21)/b9-8+. The van der Waals surface area contributed by atoms with E-state index in [1.165, 1.54) is 4.68 Å². The molecule has 1 aromatic heterocycles. The molecular weight excluding hydrogens is 286 g/mol. The van der Waals surface area contributed by atoms with Gasteiger partial charge in [0.15, 0.2) is 0 Å². The Balaban J connectivity index is 2.41. The summed E-state index contributed by atoms with van der Waals surface area (Å²) < 4.78 is 3.04. The summed E-state index contributed by atoms with van der Waals surface area (Å²) in [5, 5.41) is 10.9. The van der Waals surface area contributed by atoms with E-state index in [0.29, 0.717) is 17.5 Å². The first-order chi connectivity index (χ1) is 10.4. The second kappa shape index (κ2) is 6.13. The number of para-hydroxylation sites is 1. The smallest absolute Gasteiger partial charge is 0.328 e. The summed E-state index contributed by atoms with van der Waals surface area (Å²) in [6.45, 7) is 1.69. The monoisotopic (exact) mass is 301 g/mol. The van der Waals surface area contributed by atoms with Gasteiger partial charge >= 0.3 is 5.97 Å². The van der Waals surface area contributed by atoms with Crippen molar-refractivity contribution in [3.05, 3.63) is 58.5 Å². The van der Waals surface area contributed by atoms with Crippen molar-refractivity contribution in [3.63, 3.8) is 0 Å². The van der Waals surface area contributed by atoms with Crippen molar-refractivity contribution in [2.24, 2.45) is 7.05 Å². The Hall–Kier alpha value is -3.09. The minimum Gasteiger partial charge on any atom is -0.478 e. The van der Waals surface area contributed by atoms with Crippen LogP contribution in [0, 0.1) is 6.92 Å². The van der Waals surface area contributed by atoms with Crippen LogP contribution in [-0.4, -0.2) is 26.3 Å². The van der Waals surface area contributed by atoms with Gasteiger partial charge in [0.2, 0.25) is 5.91 Å². The zero-order valence-corrected chi connectivity index (χ0v) is 12.1. The van der Waals surface area contributed by atoms with E-state index in [-0.39, 0.29) is 11.2 Å². The van der Waals surface area contributed by atoms with Gasteiger partial charge in [-0.05, 0) is 19.1 Å². The SMILES string of the molecule is Cc1c(NC(=O)/C=C/C(=O)O)c(=O)n(-c2ccccc2)n1C. The topological polar surface area (TPSA) is 93.3 Å². The Morgan fingerprint density at radius 2 is 1.82 bits per heavy atom. The summed E-state index contributed by atoms with van der Waals surface area (Å²) in [4.78, 5) is 34.5. The lowest BCUT2D eigenvalue weighted by Crippen LogP contribution is -2.22. The van der Waals surface area contributed by atoms with Crippen LogP contribution in [0.4, 0.5) is 5.69 Å². The van der Waals surface area contributed by atoms with Crippen LogP contribution < -0.4 is 10.9 Å². The quantitative estimate of drug-likeness (QED) is 0.826. The van der Waals surface area contributed by atoms with E-state index in [2.05, 4.69) is 5.32 Å². The maximum absolute atomic E-state index is 12.5. The van der Waals surface area contributed by atoms with Gasteiger partial charge in [-0.2, -0.15) is 0 Å². The fourth-order valence-corrected chi connectivity index (χ4v) is 2.02. The molecule has 0 aliphatic heterocycles. The van der Waals surface area contributed by atoms with Crippen molar-refractivity contribution in [2.75, 3.05) is 5.32 Å². The number of carboxylic acid groups (broad SMARTS) is 1. The van der Waals surface area contributed by atoms with E-state index in [1.54, 1.807) is 42.9 Å². The fraction of sp³-hybridized carbons (Fsp3) is 0.133. The second-order valence-electron chi connectivity index (χ2n) is 4.60. The molecule has 0 aliphatic rings. The van der Waals surface area contributed by atoms with Crippen molar-refractivity contribution < 1.29 is 14.7 Å². The van der Waals surface area contributed by atoms with Crippen molar-refractivity contribution in [1.29, 1.82) is 0 Å². The summed E-state index contributed by atoms with van der Waals surface area (Å²) in [5.41, 5.74) is 0.959. The third-order valence-corrected chi connectivity index (χ3v) is 3.18. The number of amides is 1. The number of nitrogens with one attached hydrogen (secondary N) is 1. The van der Waals surface area contributed by atoms with E-state index < -0.39 is 11.9 Å². The van der Waals surface area contributed by atoms with E-state index in [4.69, 9.17) is 5.11 Å². The van der Waals surface area contributed by atoms with Gasteiger partial charge < -0.3 is 10.4 Å². The van der Waals surface area contributed by atoms with Crippen LogP contribution in [0.3, 0.4) is 0 Å². The van der Waals surface area contributed by atoms with Gasteiger partial charge in [0.25, 0.3) is 5.56 Å². The molecule has 7 nitrogen and oxygen atoms in total. The average molecular weight is 301 g/mol. The van der Waals surface area contributed by atoms with E-state index >= 15 is 0 Å². The Morgan fingerprint density at radius 1 is 1.18 bits per heavy atom. The summed E-state index contributed by atoms with van der Waals surface area (Å²) >= 11 is 0. The number of carbonyl (C=O) groups excluding carboxylic acids is 1. The van der Waals surface area contributed by atoms with Crippen LogP contribution in [0.25, 0.3) is 5.69 Å². The van der Waals surface area contributed by atoms with Gasteiger partial charge in [-0.25, -0.2) is 9.48 Å². The molecule has 22 heavy (non-hydrogen) atoms. The van der Waals surface area contributed by atoms with Crippen LogP contribution >= 0.6 is 0 Å². The van der Waals surface area contributed by atoms with E-state index in [9.17, 15) is 14.4 Å². The summed E-state index contributed by atoms with van der Waals surface area (Å²) in [7, 11) is 1.70. The molecule has 114 valence electrons. The van der Waals surface area contributed by atoms with Gasteiger partial charge in [-0.15, -0.1) is 0 Å². The summed E-state index contributed by atoms with van der Waals surface area (Å²) in [6, 6.07) is 8.99. The highest BCUT2D eigenvalue weighted by molar-refractivity contribution is 6.02. The van der Waals surface area contributed by atoms with Crippen LogP contribution in [0.15, 0.2) is 47.3 Å². The number of benzene rings is 1. The average Bonchev–Trinajstić information content (AvgIpc) is 2.70. The third kappa shape index (κ3) is 2.98. The number of hydrogen-bond acceptors (Lipinski definition) is 3. The largest absolute Gasteiger partial charge is 0.478 e. The van der Waals surface area contributed by atoms with E-state index in [1.807, 2.05) is 6.07 Å². The molecule has 0 fully saturated rings. The number of hydrogen-bond donors (Lipinski definition) is 2. The molecule has 1 aromatic carbocycles. The lowest BCUT2D eigenvalue weighted by atomic mass is 10.3. The molecule has 0 atom stereocenters. The molecule has 2 N–H and O–H groups in total. The second-order valence-corrected chi connectivity index (χ2v) is 4.60. The van der Waals surface area contributed by atoms with Gasteiger partial charge in [-0.3, -0.25) is 14.3 Å². The fourth-order valence-electron chi connectivity index (χ4n) is 2.02. The minimum absolute atomic E-state index is 0.117. The zero-order valence-electron chi connectivity index (χ0n) is 12.1. The van der Waals surface area contributed by atoms with Crippen LogP contribution in [0.1, 0.15) is 5.69 Å². The van der Waals surface area contributed by atoms with Crippen LogP contribution in [-0.2, 0) is 16.6 Å². The van der Waals surface area contributed by atoms with Crippen LogP contribution in [0.5, 0.6) is 0 Å². The minimum atomic E-state index is -1.23. The highest BCUT2D eigenvalue weighted by Gasteiger charge is 2.17. The lowest BCUT2D eigenvalue weighted by Gasteiger charge is -2.07. The van der Waals surface area contributed by atoms with Crippen LogP contribution in [0.2, 0.25) is 0 Å². The first kappa shape index (κ1) is 15.3. The molecule has 7 heteroatoms. The number of carbonyl (C=O) groups is 2. The molecule has 1 amide bonds. The molecular formula is C15H15N3O4. The molecule has 2 rings (SSSR count). The van der Waals surface area contributed by atoms with Gasteiger partial charge in [0.05, 0.1) is 11.4 Å². The number of aliphatic carboxylic acids is 1. The van der Waals surface area contributed by atoms with Crippen molar-refractivity contribution in [3.8, 4) is 5.69 Å². The molecule has 0 aliphatic carbocycles. The maximum atomic E-state index is 12.5. The highest BCUT2D eigenvalue weighted by atomic mass is 16.4. The van der Waals surface area contributed by atoms with Crippen molar-refractivity contribution in [2.45, 2.75) is 6.92 Å². The molecule has 0 saturated heterocycles. The predicted octanol–water partition coefficient (Wildman–Crippen LogP) is 1.06. The number of anilines is 1. The molecule has 0 bridgehead atoms. The Morgan fingerprint density at radius 3 is 2.41 bits per heavy atom. The van der Waals surface area contributed by atoms with Crippen molar-refractivity contribution >= 4 is 17.6 Å². The number of carboxylic acids is 1. The third-order valence-electron chi connectivity index (χ3n) is 3.18. The first-order valence-electron chi connectivity index (χ1n) is 6.48. The molecule has 1 heterocycles. The Bertz CT molecular complexity index is 800.